The summed E-state index contributed by atoms with van der Waals surface area (Å²) in [5, 5.41) is 0.531. The van der Waals surface area contributed by atoms with Crippen LogP contribution in [0.1, 0.15) is 39.9 Å². The average Bonchev–Trinajstić information content (AvgIpc) is 3.30. The molecule has 0 unspecified atom stereocenters. The van der Waals surface area contributed by atoms with Gasteiger partial charge in [0.25, 0.3) is 5.91 Å². The topological polar surface area (TPSA) is 123 Å². The zero-order valence-corrected chi connectivity index (χ0v) is 22.5. The molecule has 0 bridgehead atoms. The maximum atomic E-state index is 12.8. The average molecular weight is 541 g/mol. The minimum absolute atomic E-state index is 0.0994. The molecule has 2 aromatic carbocycles. The summed E-state index contributed by atoms with van der Waals surface area (Å²) in [6, 6.07) is 14.8. The summed E-state index contributed by atoms with van der Waals surface area (Å²) in [6.45, 7) is 3.99. The third kappa shape index (κ3) is 5.90. The Hall–Kier alpha value is -4.32. The second-order valence-corrected chi connectivity index (χ2v) is 10.1. The summed E-state index contributed by atoms with van der Waals surface area (Å²) >= 11 is 6.30. The Morgan fingerprint density at radius 3 is 2.54 bits per heavy atom. The lowest BCUT2D eigenvalue weighted by Crippen LogP contribution is -2.35. The fourth-order valence-corrected chi connectivity index (χ4v) is 4.86. The number of aromatic amines is 1. The van der Waals surface area contributed by atoms with E-state index in [1.165, 1.54) is 0 Å². The Morgan fingerprint density at radius 2 is 1.85 bits per heavy atom. The molecule has 0 spiro atoms. The lowest BCUT2D eigenvalue weighted by atomic mass is 9.99. The summed E-state index contributed by atoms with van der Waals surface area (Å²) in [5.74, 6) is 6.62. The molecule has 3 heterocycles. The van der Waals surface area contributed by atoms with Crippen LogP contribution in [-0.2, 0) is 0 Å². The molecule has 1 aliphatic rings. The predicted molar refractivity (Wildman–Crippen MR) is 154 cm³/mol. The zero-order valence-electron chi connectivity index (χ0n) is 21.8. The van der Waals surface area contributed by atoms with Crippen molar-refractivity contribution in [3.8, 4) is 40.2 Å². The van der Waals surface area contributed by atoms with E-state index in [1.807, 2.05) is 37.3 Å². The normalized spacial score (nSPS) is 14.0. The summed E-state index contributed by atoms with van der Waals surface area (Å²) in [6.07, 6.45) is 3.78. The number of benzene rings is 2. The first-order valence-corrected chi connectivity index (χ1v) is 13.0. The molecule has 8 nitrogen and oxygen atoms in total. The number of halogens is 1. The van der Waals surface area contributed by atoms with Crippen molar-refractivity contribution in [2.75, 3.05) is 25.9 Å². The minimum Gasteiger partial charge on any atom is -0.490 e. The van der Waals surface area contributed by atoms with Gasteiger partial charge in [-0.3, -0.25) is 4.79 Å². The molecule has 0 radical (unpaired) electrons. The number of hydrogen-bond acceptors (Lipinski definition) is 6. The Balaban J connectivity index is 1.55. The number of primary amides is 1. The molecule has 2 aromatic heterocycles. The van der Waals surface area contributed by atoms with Crippen molar-refractivity contribution in [2.45, 2.75) is 25.9 Å². The SMILES string of the molecule is Cc1ccc(Cl)cc1-c1[nH]c(-c2ccnc(N)n2)c(C#Cc2ccc(OC3CCN(C)CC3)cc2)c1C(N)=O. The van der Waals surface area contributed by atoms with Crippen molar-refractivity contribution in [3.63, 3.8) is 0 Å². The van der Waals surface area contributed by atoms with E-state index >= 15 is 0 Å². The van der Waals surface area contributed by atoms with Crippen LogP contribution < -0.4 is 16.2 Å². The molecule has 1 amide bonds. The number of nitrogen functional groups attached to an aromatic ring is 1. The second kappa shape index (κ2) is 11.2. The Kier molecular flexibility index (Phi) is 7.55. The first-order valence-electron chi connectivity index (χ1n) is 12.7. The van der Waals surface area contributed by atoms with E-state index in [9.17, 15) is 4.79 Å². The molecular formula is C30H29ClN6O2. The monoisotopic (exact) mass is 540 g/mol. The largest absolute Gasteiger partial charge is 0.490 e. The van der Waals surface area contributed by atoms with Crippen molar-refractivity contribution in [1.82, 2.24) is 19.9 Å². The number of hydrogen-bond donors (Lipinski definition) is 3. The lowest BCUT2D eigenvalue weighted by molar-refractivity contribution is 0.100. The number of ether oxygens (including phenoxy) is 1. The summed E-state index contributed by atoms with van der Waals surface area (Å²) in [5.41, 5.74) is 16.4. The van der Waals surface area contributed by atoms with E-state index in [4.69, 9.17) is 27.8 Å². The molecule has 1 aliphatic heterocycles. The molecule has 198 valence electrons. The van der Waals surface area contributed by atoms with Crippen LogP contribution >= 0.6 is 11.6 Å². The maximum Gasteiger partial charge on any atom is 0.252 e. The van der Waals surface area contributed by atoms with Crippen LogP contribution in [0.5, 0.6) is 5.75 Å². The van der Waals surface area contributed by atoms with Crippen molar-refractivity contribution in [1.29, 1.82) is 0 Å². The third-order valence-electron chi connectivity index (χ3n) is 6.80. The van der Waals surface area contributed by atoms with Gasteiger partial charge in [0.1, 0.15) is 11.9 Å². The van der Waals surface area contributed by atoms with Crippen molar-refractivity contribution in [2.24, 2.45) is 5.73 Å². The Labute approximate surface area is 232 Å². The summed E-state index contributed by atoms with van der Waals surface area (Å²) in [7, 11) is 2.13. The quantitative estimate of drug-likeness (QED) is 0.316. The molecule has 9 heteroatoms. The van der Waals surface area contributed by atoms with E-state index in [1.54, 1.807) is 24.4 Å². The van der Waals surface area contributed by atoms with Gasteiger partial charge in [0, 0.05) is 35.4 Å². The number of aromatic nitrogens is 3. The van der Waals surface area contributed by atoms with E-state index in [0.29, 0.717) is 27.7 Å². The Morgan fingerprint density at radius 1 is 1.10 bits per heavy atom. The van der Waals surface area contributed by atoms with E-state index in [0.717, 1.165) is 48.4 Å². The number of likely N-dealkylation sites (tertiary alicyclic amines) is 1. The summed E-state index contributed by atoms with van der Waals surface area (Å²) < 4.78 is 6.16. The number of piperidine rings is 1. The highest BCUT2D eigenvalue weighted by Gasteiger charge is 2.24. The first-order chi connectivity index (χ1) is 18.8. The number of nitrogens with two attached hydrogens (primary N) is 2. The number of aryl methyl sites for hydroxylation is 1. The number of nitrogens with zero attached hydrogens (tertiary/aromatic N) is 3. The Bertz CT molecular complexity index is 1580. The number of nitrogens with one attached hydrogen (secondary N) is 1. The van der Waals surface area contributed by atoms with Crippen LogP contribution in [0.25, 0.3) is 22.6 Å². The minimum atomic E-state index is -0.625. The molecule has 4 aromatic rings. The van der Waals surface area contributed by atoms with Gasteiger partial charge in [-0.2, -0.15) is 0 Å². The zero-order chi connectivity index (χ0) is 27.5. The van der Waals surface area contributed by atoms with Gasteiger partial charge in [-0.15, -0.1) is 0 Å². The number of anilines is 1. The van der Waals surface area contributed by atoms with Crippen LogP contribution in [0.3, 0.4) is 0 Å². The van der Waals surface area contributed by atoms with Crippen molar-refractivity contribution in [3.05, 3.63) is 82.0 Å². The van der Waals surface area contributed by atoms with Crippen LogP contribution in [0.2, 0.25) is 5.02 Å². The van der Waals surface area contributed by atoms with E-state index in [-0.39, 0.29) is 17.6 Å². The lowest BCUT2D eigenvalue weighted by Gasteiger charge is -2.29. The van der Waals surface area contributed by atoms with Crippen molar-refractivity contribution < 1.29 is 9.53 Å². The number of H-pyrrole nitrogens is 1. The number of carbonyl (C=O) groups is 1. The number of carbonyl (C=O) groups excluding carboxylic acids is 1. The summed E-state index contributed by atoms with van der Waals surface area (Å²) in [4.78, 5) is 26.8. The standard InChI is InChI=1S/C30H29ClN6O2/c1-18-3-7-20(31)17-24(18)28-26(29(32)38)23(27(36-28)25-11-14-34-30(33)35-25)10-6-19-4-8-21(9-5-19)39-22-12-15-37(2)16-13-22/h3-5,7-9,11,14,17,22,36H,12-13,15-16H2,1-2H3,(H2,32,38)(H2,33,34,35). The number of rotatable bonds is 5. The number of amides is 1. The molecular weight excluding hydrogens is 512 g/mol. The van der Waals surface area contributed by atoms with Gasteiger partial charge in [0.15, 0.2) is 0 Å². The molecule has 1 fully saturated rings. The van der Waals surface area contributed by atoms with Crippen LogP contribution in [0.4, 0.5) is 5.95 Å². The smallest absolute Gasteiger partial charge is 0.252 e. The van der Waals surface area contributed by atoms with Crippen LogP contribution in [-0.4, -0.2) is 52.0 Å². The van der Waals surface area contributed by atoms with E-state index < -0.39 is 5.91 Å². The van der Waals surface area contributed by atoms with Gasteiger partial charge in [0.05, 0.1) is 28.2 Å². The highest BCUT2D eigenvalue weighted by atomic mass is 35.5. The molecule has 0 saturated carbocycles. The molecule has 39 heavy (non-hydrogen) atoms. The van der Waals surface area contributed by atoms with Gasteiger partial charge in [-0.1, -0.05) is 29.5 Å². The predicted octanol–water partition coefficient (Wildman–Crippen LogP) is 4.65. The van der Waals surface area contributed by atoms with Gasteiger partial charge in [0.2, 0.25) is 5.95 Å². The fourth-order valence-electron chi connectivity index (χ4n) is 4.69. The molecule has 0 atom stereocenters. The van der Waals surface area contributed by atoms with Crippen LogP contribution in [0.15, 0.2) is 54.7 Å². The van der Waals surface area contributed by atoms with Gasteiger partial charge < -0.3 is 26.1 Å². The highest BCUT2D eigenvalue weighted by Crippen LogP contribution is 2.35. The third-order valence-corrected chi connectivity index (χ3v) is 7.04. The molecule has 0 aliphatic carbocycles. The first kappa shape index (κ1) is 26.3. The van der Waals surface area contributed by atoms with Gasteiger partial charge in [-0.25, -0.2) is 9.97 Å². The molecule has 5 N–H and O–H groups in total. The fraction of sp³-hybridized carbons (Fsp3) is 0.233. The van der Waals surface area contributed by atoms with Gasteiger partial charge in [-0.05, 0) is 74.8 Å². The molecule has 1 saturated heterocycles. The van der Waals surface area contributed by atoms with E-state index in [2.05, 4.69) is 38.7 Å². The molecule has 5 rings (SSSR count). The van der Waals surface area contributed by atoms with Crippen LogP contribution in [0, 0.1) is 18.8 Å². The van der Waals surface area contributed by atoms with Crippen molar-refractivity contribution >= 4 is 23.5 Å². The van der Waals surface area contributed by atoms with Gasteiger partial charge >= 0.3 is 0 Å². The highest BCUT2D eigenvalue weighted by molar-refractivity contribution is 6.31. The second-order valence-electron chi connectivity index (χ2n) is 9.64. The maximum absolute atomic E-state index is 12.8.